The topological polar surface area (TPSA) is 65.5 Å². The zero-order valence-corrected chi connectivity index (χ0v) is 18.9. The summed E-state index contributed by atoms with van der Waals surface area (Å²) in [4.78, 5) is 13.2. The molecule has 0 aliphatic heterocycles. The van der Waals surface area contributed by atoms with E-state index in [1.165, 1.54) is 0 Å². The molecule has 0 fully saturated rings. The summed E-state index contributed by atoms with van der Waals surface area (Å²) < 4.78 is 17.5. The van der Waals surface area contributed by atoms with Crippen molar-refractivity contribution >= 4 is 23.1 Å². The number of benzene rings is 3. The van der Waals surface area contributed by atoms with Gasteiger partial charge >= 0.3 is 0 Å². The minimum Gasteiger partial charge on any atom is -0.478 e. The van der Waals surface area contributed by atoms with E-state index in [9.17, 15) is 4.79 Å². The van der Waals surface area contributed by atoms with E-state index in [-0.39, 0.29) is 17.8 Å². The van der Waals surface area contributed by atoms with E-state index < -0.39 is 0 Å². The second kappa shape index (κ2) is 9.24. The van der Waals surface area contributed by atoms with E-state index >= 15 is 0 Å². The first kappa shape index (κ1) is 21.5. The molecule has 0 radical (unpaired) electrons. The Labute approximate surface area is 196 Å². The molecule has 0 saturated carbocycles. The van der Waals surface area contributed by atoms with Gasteiger partial charge in [0.25, 0.3) is 0 Å². The number of nitrogens with zero attached hydrogens (tertiary/aromatic N) is 1. The lowest BCUT2D eigenvalue weighted by molar-refractivity contribution is 0.242. The molecule has 0 N–H and O–H groups in total. The van der Waals surface area contributed by atoms with Crippen LogP contribution in [-0.2, 0) is 6.61 Å². The molecule has 168 valence electrons. The third kappa shape index (κ3) is 4.55. The zero-order chi connectivity index (χ0) is 23.5. The summed E-state index contributed by atoms with van der Waals surface area (Å²) in [5.41, 5.74) is 5.26. The van der Waals surface area contributed by atoms with Gasteiger partial charge in [-0.1, -0.05) is 70.9 Å². The van der Waals surface area contributed by atoms with E-state index in [4.69, 9.17) is 13.7 Å². The fourth-order valence-electron chi connectivity index (χ4n) is 3.91. The van der Waals surface area contributed by atoms with Gasteiger partial charge in [-0.3, -0.25) is 4.79 Å². The van der Waals surface area contributed by atoms with Crippen LogP contribution in [0.15, 0.2) is 92.6 Å². The van der Waals surface area contributed by atoms with E-state index in [0.717, 1.165) is 27.9 Å². The van der Waals surface area contributed by atoms with Crippen molar-refractivity contribution in [2.45, 2.75) is 20.5 Å². The van der Waals surface area contributed by atoms with Crippen molar-refractivity contribution in [3.05, 3.63) is 117 Å². The molecule has 0 atom stereocenters. The van der Waals surface area contributed by atoms with Crippen molar-refractivity contribution in [1.29, 1.82) is 0 Å². The molecule has 2 heterocycles. The number of para-hydroxylation sites is 1. The second-order valence-corrected chi connectivity index (χ2v) is 8.21. The average Bonchev–Trinajstić information content (AvgIpc) is 3.32. The zero-order valence-electron chi connectivity index (χ0n) is 18.9. The van der Waals surface area contributed by atoms with Crippen molar-refractivity contribution in [3.8, 4) is 17.0 Å². The maximum Gasteiger partial charge on any atom is 0.235 e. The van der Waals surface area contributed by atoms with Crippen LogP contribution < -0.4 is 10.2 Å². The number of hydrogen-bond acceptors (Lipinski definition) is 5. The standard InChI is InChI=1S/C29H23NO4/c1-19-14-20(2)16-22(15-19)25-17-23(34-30-25)18-32-29-27(13-12-21-8-4-3-5-9-21)33-26-11-7-6-10-24(26)28(29)31/h3-17H,18H2,1-2H3/b13-12+. The predicted octanol–water partition coefficient (Wildman–Crippen LogP) is 6.81. The van der Waals surface area contributed by atoms with Gasteiger partial charge in [-0.05, 0) is 49.8 Å². The number of rotatable bonds is 6. The highest BCUT2D eigenvalue weighted by Gasteiger charge is 2.16. The summed E-state index contributed by atoms with van der Waals surface area (Å²) in [6.45, 7) is 4.14. The molecule has 5 aromatic rings. The summed E-state index contributed by atoms with van der Waals surface area (Å²) in [5, 5.41) is 4.64. The molecule has 5 heteroatoms. The molecule has 0 amide bonds. The fraction of sp³-hybridized carbons (Fsp3) is 0.103. The Morgan fingerprint density at radius 3 is 2.41 bits per heavy atom. The van der Waals surface area contributed by atoms with Crippen LogP contribution in [0.3, 0.4) is 0 Å². The highest BCUT2D eigenvalue weighted by molar-refractivity contribution is 5.81. The Hall–Kier alpha value is -4.38. The number of hydrogen-bond donors (Lipinski definition) is 0. The molecule has 2 aromatic heterocycles. The highest BCUT2D eigenvalue weighted by atomic mass is 16.5. The van der Waals surface area contributed by atoms with Gasteiger partial charge in [-0.2, -0.15) is 0 Å². The lowest BCUT2D eigenvalue weighted by atomic mass is 10.1. The minimum atomic E-state index is -0.233. The van der Waals surface area contributed by atoms with E-state index in [2.05, 4.69) is 23.4 Å². The van der Waals surface area contributed by atoms with E-state index in [0.29, 0.717) is 22.5 Å². The average molecular weight is 450 g/mol. The van der Waals surface area contributed by atoms with Gasteiger partial charge in [0.2, 0.25) is 11.2 Å². The van der Waals surface area contributed by atoms with Crippen LogP contribution in [0.4, 0.5) is 0 Å². The molecule has 0 aliphatic rings. The van der Waals surface area contributed by atoms with E-state index in [1.807, 2.05) is 62.4 Å². The Bertz CT molecular complexity index is 1520. The molecule has 0 bridgehead atoms. The molecule has 5 nitrogen and oxygen atoms in total. The quantitative estimate of drug-likeness (QED) is 0.285. The molecule has 5 rings (SSSR count). The van der Waals surface area contributed by atoms with Crippen molar-refractivity contribution in [3.63, 3.8) is 0 Å². The number of fused-ring (bicyclic) bond motifs is 1. The smallest absolute Gasteiger partial charge is 0.235 e. The number of aromatic nitrogens is 1. The SMILES string of the molecule is Cc1cc(C)cc(-c2cc(COc3c(/C=C/c4ccccc4)oc4ccccc4c3=O)on2)c1. The Kier molecular flexibility index (Phi) is 5.83. The van der Waals surface area contributed by atoms with Gasteiger partial charge in [0.1, 0.15) is 17.9 Å². The first-order chi connectivity index (χ1) is 16.6. The molecule has 3 aromatic carbocycles. The van der Waals surface area contributed by atoms with Gasteiger partial charge in [0, 0.05) is 11.6 Å². The van der Waals surface area contributed by atoms with Crippen LogP contribution in [0.25, 0.3) is 34.4 Å². The monoisotopic (exact) mass is 449 g/mol. The molecule has 34 heavy (non-hydrogen) atoms. The molecular weight excluding hydrogens is 426 g/mol. The van der Waals surface area contributed by atoms with Gasteiger partial charge in [-0.25, -0.2) is 0 Å². The van der Waals surface area contributed by atoms with Crippen LogP contribution in [0.2, 0.25) is 0 Å². The third-order valence-electron chi connectivity index (χ3n) is 5.44. The highest BCUT2D eigenvalue weighted by Crippen LogP contribution is 2.26. The Morgan fingerprint density at radius 1 is 0.882 bits per heavy atom. The molecule has 0 saturated heterocycles. The molecular formula is C29H23NO4. The van der Waals surface area contributed by atoms with Crippen molar-refractivity contribution in [1.82, 2.24) is 5.16 Å². The van der Waals surface area contributed by atoms with Crippen LogP contribution in [0, 0.1) is 13.8 Å². The van der Waals surface area contributed by atoms with Crippen LogP contribution >= 0.6 is 0 Å². The first-order valence-corrected chi connectivity index (χ1v) is 11.0. The summed E-state index contributed by atoms with van der Waals surface area (Å²) in [6.07, 6.45) is 3.63. The van der Waals surface area contributed by atoms with Crippen molar-refractivity contribution in [2.75, 3.05) is 0 Å². The summed E-state index contributed by atoms with van der Waals surface area (Å²) in [5.74, 6) is 0.997. The van der Waals surface area contributed by atoms with Crippen LogP contribution in [0.1, 0.15) is 28.2 Å². The van der Waals surface area contributed by atoms with Crippen LogP contribution in [-0.4, -0.2) is 5.16 Å². The Morgan fingerprint density at radius 2 is 1.62 bits per heavy atom. The third-order valence-corrected chi connectivity index (χ3v) is 5.44. The molecule has 0 spiro atoms. The van der Waals surface area contributed by atoms with Crippen molar-refractivity contribution in [2.24, 2.45) is 0 Å². The van der Waals surface area contributed by atoms with E-state index in [1.54, 1.807) is 24.3 Å². The predicted molar refractivity (Wildman–Crippen MR) is 134 cm³/mol. The maximum atomic E-state index is 13.2. The van der Waals surface area contributed by atoms with Gasteiger partial charge < -0.3 is 13.7 Å². The maximum absolute atomic E-state index is 13.2. The second-order valence-electron chi connectivity index (χ2n) is 8.21. The minimum absolute atomic E-state index is 0.0487. The van der Waals surface area contributed by atoms with Crippen LogP contribution in [0.5, 0.6) is 5.75 Å². The number of aryl methyl sites for hydroxylation is 2. The van der Waals surface area contributed by atoms with Gasteiger partial charge in [-0.15, -0.1) is 0 Å². The fourth-order valence-corrected chi connectivity index (χ4v) is 3.91. The lowest BCUT2D eigenvalue weighted by Gasteiger charge is -2.08. The number of ether oxygens (including phenoxy) is 1. The summed E-state index contributed by atoms with van der Waals surface area (Å²) in [7, 11) is 0. The largest absolute Gasteiger partial charge is 0.478 e. The summed E-state index contributed by atoms with van der Waals surface area (Å²) in [6, 6.07) is 25.0. The normalized spacial score (nSPS) is 11.4. The molecule has 0 aliphatic carbocycles. The lowest BCUT2D eigenvalue weighted by Crippen LogP contribution is -2.10. The van der Waals surface area contributed by atoms with Crippen molar-refractivity contribution < 1.29 is 13.7 Å². The molecule has 0 unspecified atom stereocenters. The Balaban J connectivity index is 1.46. The summed E-state index contributed by atoms with van der Waals surface area (Å²) >= 11 is 0. The van der Waals surface area contributed by atoms with Gasteiger partial charge in [0.05, 0.1) is 5.39 Å². The first-order valence-electron chi connectivity index (χ1n) is 11.0. The van der Waals surface area contributed by atoms with Gasteiger partial charge in [0.15, 0.2) is 11.5 Å².